The number of fused-ring (bicyclic) bond motifs is 1. The van der Waals surface area contributed by atoms with E-state index >= 15 is 0 Å². The molecule has 2 aliphatic heterocycles. The molecule has 0 spiro atoms. The Kier molecular flexibility index (Phi) is 4.97. The highest BCUT2D eigenvalue weighted by Gasteiger charge is 2.46. The summed E-state index contributed by atoms with van der Waals surface area (Å²) in [5.41, 5.74) is 0. The number of hydrogen-bond donors (Lipinski definition) is 0. The number of aromatic nitrogens is 2. The van der Waals surface area contributed by atoms with E-state index in [-0.39, 0.29) is 23.7 Å². The van der Waals surface area contributed by atoms with Crippen LogP contribution in [-0.2, 0) is 9.59 Å². The predicted octanol–water partition coefficient (Wildman–Crippen LogP) is 0.940. The zero-order chi connectivity index (χ0) is 17.9. The number of anilines is 1. The number of carbonyl (C=O) groups is 2. The Labute approximate surface area is 153 Å². The third-order valence-corrected chi connectivity index (χ3v) is 5.66. The molecule has 0 radical (unpaired) electrons. The Morgan fingerprint density at radius 1 is 0.885 bits per heavy atom. The fraction of sp³-hybridized carbons (Fsp3) is 0.579. The Balaban J connectivity index is 1.22. The summed E-state index contributed by atoms with van der Waals surface area (Å²) in [6.07, 6.45) is 9.88. The second-order valence-corrected chi connectivity index (χ2v) is 7.21. The number of carbonyl (C=O) groups excluding carboxylic acids is 2. The maximum Gasteiger partial charge on any atom is 0.233 e. The van der Waals surface area contributed by atoms with E-state index in [1.54, 1.807) is 12.4 Å². The van der Waals surface area contributed by atoms with Crippen LogP contribution in [0.4, 0.5) is 5.95 Å². The molecule has 4 rings (SSSR count). The molecule has 3 aliphatic rings. The maximum absolute atomic E-state index is 12.5. The first-order valence-corrected chi connectivity index (χ1v) is 9.48. The summed E-state index contributed by atoms with van der Waals surface area (Å²) >= 11 is 0. The lowest BCUT2D eigenvalue weighted by molar-refractivity contribution is -0.140. The second-order valence-electron chi connectivity index (χ2n) is 7.21. The quantitative estimate of drug-likeness (QED) is 0.578. The molecule has 1 aromatic rings. The van der Waals surface area contributed by atoms with Gasteiger partial charge in [-0.25, -0.2) is 9.97 Å². The van der Waals surface area contributed by atoms with E-state index in [0.717, 1.165) is 57.9 Å². The van der Waals surface area contributed by atoms with Crippen molar-refractivity contribution in [3.63, 3.8) is 0 Å². The lowest BCUT2D eigenvalue weighted by Crippen LogP contribution is -2.47. The van der Waals surface area contributed by atoms with E-state index in [4.69, 9.17) is 0 Å². The van der Waals surface area contributed by atoms with Gasteiger partial charge in [-0.15, -0.1) is 0 Å². The van der Waals surface area contributed by atoms with Gasteiger partial charge in [0.25, 0.3) is 0 Å². The number of hydrogen-bond acceptors (Lipinski definition) is 6. The Bertz CT molecular complexity index is 658. The minimum Gasteiger partial charge on any atom is -0.338 e. The molecular formula is C19H25N5O2. The standard InChI is InChI=1S/C19H25N5O2/c25-17-15-5-1-2-6-16(15)18(26)24(17)10-4-9-22-11-13-23(14-12-22)19-20-7-3-8-21-19/h1-3,7-8,15-16H,4-6,9-14H2. The highest BCUT2D eigenvalue weighted by Crippen LogP contribution is 2.35. The van der Waals surface area contributed by atoms with E-state index in [1.807, 2.05) is 18.2 Å². The van der Waals surface area contributed by atoms with Crippen molar-refractivity contribution in [1.82, 2.24) is 19.8 Å². The van der Waals surface area contributed by atoms with Crippen LogP contribution in [0, 0.1) is 11.8 Å². The molecule has 3 heterocycles. The van der Waals surface area contributed by atoms with Gasteiger partial charge in [0, 0.05) is 45.1 Å². The van der Waals surface area contributed by atoms with Crippen LogP contribution in [0.5, 0.6) is 0 Å². The van der Waals surface area contributed by atoms with Crippen LogP contribution in [0.15, 0.2) is 30.6 Å². The Hall–Kier alpha value is -2.28. The van der Waals surface area contributed by atoms with E-state index in [1.165, 1.54) is 4.90 Å². The molecule has 1 aromatic heterocycles. The summed E-state index contributed by atoms with van der Waals surface area (Å²) < 4.78 is 0. The highest BCUT2D eigenvalue weighted by atomic mass is 16.2. The topological polar surface area (TPSA) is 69.6 Å². The summed E-state index contributed by atoms with van der Waals surface area (Å²) in [7, 11) is 0. The zero-order valence-electron chi connectivity index (χ0n) is 15.0. The molecule has 0 bridgehead atoms. The van der Waals surface area contributed by atoms with Crippen molar-refractivity contribution in [3.8, 4) is 0 Å². The molecule has 0 saturated carbocycles. The first-order chi connectivity index (χ1) is 12.7. The van der Waals surface area contributed by atoms with Gasteiger partial charge in [0.2, 0.25) is 17.8 Å². The fourth-order valence-corrected chi connectivity index (χ4v) is 4.17. The van der Waals surface area contributed by atoms with Crippen molar-refractivity contribution >= 4 is 17.8 Å². The first-order valence-electron chi connectivity index (χ1n) is 9.48. The van der Waals surface area contributed by atoms with Gasteiger partial charge in [-0.2, -0.15) is 0 Å². The van der Waals surface area contributed by atoms with Crippen molar-refractivity contribution in [2.45, 2.75) is 19.3 Å². The maximum atomic E-state index is 12.5. The fourth-order valence-electron chi connectivity index (χ4n) is 4.17. The van der Waals surface area contributed by atoms with Crippen molar-refractivity contribution in [2.24, 2.45) is 11.8 Å². The first kappa shape index (κ1) is 17.1. The lowest BCUT2D eigenvalue weighted by Gasteiger charge is -2.34. The van der Waals surface area contributed by atoms with Gasteiger partial charge >= 0.3 is 0 Å². The molecule has 1 aliphatic carbocycles. The van der Waals surface area contributed by atoms with Crippen LogP contribution in [0.25, 0.3) is 0 Å². The molecule has 26 heavy (non-hydrogen) atoms. The van der Waals surface area contributed by atoms with Crippen LogP contribution in [0.3, 0.4) is 0 Å². The average molecular weight is 355 g/mol. The van der Waals surface area contributed by atoms with Crippen molar-refractivity contribution in [3.05, 3.63) is 30.6 Å². The zero-order valence-corrected chi connectivity index (χ0v) is 15.0. The SMILES string of the molecule is O=C1C2CC=CCC2C(=O)N1CCCN1CCN(c2ncccn2)CC1. The van der Waals surface area contributed by atoms with E-state index < -0.39 is 0 Å². The highest BCUT2D eigenvalue weighted by molar-refractivity contribution is 6.05. The summed E-state index contributed by atoms with van der Waals surface area (Å²) in [6.45, 7) is 5.17. The van der Waals surface area contributed by atoms with Gasteiger partial charge in [-0.05, 0) is 31.9 Å². The van der Waals surface area contributed by atoms with Crippen molar-refractivity contribution < 1.29 is 9.59 Å². The van der Waals surface area contributed by atoms with E-state index in [9.17, 15) is 9.59 Å². The molecule has 0 aromatic carbocycles. The minimum absolute atomic E-state index is 0.0374. The number of likely N-dealkylation sites (tertiary alicyclic amines) is 1. The molecule has 7 nitrogen and oxygen atoms in total. The van der Waals surface area contributed by atoms with Crippen molar-refractivity contribution in [2.75, 3.05) is 44.2 Å². The summed E-state index contributed by atoms with van der Waals surface area (Å²) in [5, 5.41) is 0. The molecule has 2 saturated heterocycles. The summed E-state index contributed by atoms with van der Waals surface area (Å²) in [5.74, 6) is 0.645. The number of nitrogens with zero attached hydrogens (tertiary/aromatic N) is 5. The average Bonchev–Trinajstić information content (AvgIpc) is 2.94. The monoisotopic (exact) mass is 355 g/mol. The predicted molar refractivity (Wildman–Crippen MR) is 97.4 cm³/mol. The number of rotatable bonds is 5. The van der Waals surface area contributed by atoms with Gasteiger partial charge in [0.05, 0.1) is 11.8 Å². The third kappa shape index (κ3) is 3.35. The van der Waals surface area contributed by atoms with E-state index in [0.29, 0.717) is 6.54 Å². The van der Waals surface area contributed by atoms with Gasteiger partial charge < -0.3 is 4.90 Å². The van der Waals surface area contributed by atoms with Crippen LogP contribution in [0.2, 0.25) is 0 Å². The van der Waals surface area contributed by atoms with Crippen LogP contribution >= 0.6 is 0 Å². The molecule has 7 heteroatoms. The Morgan fingerprint density at radius 3 is 2.12 bits per heavy atom. The largest absolute Gasteiger partial charge is 0.338 e. The molecule has 2 atom stereocenters. The van der Waals surface area contributed by atoms with E-state index in [2.05, 4.69) is 19.8 Å². The normalized spacial score (nSPS) is 26.5. The van der Waals surface area contributed by atoms with Crippen LogP contribution in [0.1, 0.15) is 19.3 Å². The summed E-state index contributed by atoms with van der Waals surface area (Å²) in [4.78, 5) is 39.6. The number of imide groups is 1. The molecule has 2 unspecified atom stereocenters. The van der Waals surface area contributed by atoms with Gasteiger partial charge in [0.15, 0.2) is 0 Å². The van der Waals surface area contributed by atoms with Gasteiger partial charge in [0.1, 0.15) is 0 Å². The molecule has 2 amide bonds. The van der Waals surface area contributed by atoms with Crippen LogP contribution < -0.4 is 4.90 Å². The molecule has 138 valence electrons. The van der Waals surface area contributed by atoms with Gasteiger partial charge in [-0.3, -0.25) is 19.4 Å². The van der Waals surface area contributed by atoms with Crippen molar-refractivity contribution in [1.29, 1.82) is 0 Å². The number of amides is 2. The van der Waals surface area contributed by atoms with Crippen LogP contribution in [-0.4, -0.2) is 70.9 Å². The van der Waals surface area contributed by atoms with Gasteiger partial charge in [-0.1, -0.05) is 12.2 Å². The third-order valence-electron chi connectivity index (χ3n) is 5.66. The summed E-state index contributed by atoms with van der Waals surface area (Å²) in [6, 6.07) is 1.83. The lowest BCUT2D eigenvalue weighted by atomic mass is 9.85. The number of piperazine rings is 1. The minimum atomic E-state index is -0.109. The number of allylic oxidation sites excluding steroid dienone is 2. The Morgan fingerprint density at radius 2 is 1.50 bits per heavy atom. The second kappa shape index (κ2) is 7.53. The molecule has 0 N–H and O–H groups in total. The molecule has 2 fully saturated rings. The smallest absolute Gasteiger partial charge is 0.233 e. The molecular weight excluding hydrogens is 330 g/mol.